The second-order valence-electron chi connectivity index (χ2n) is 3.94. The van der Waals surface area contributed by atoms with Crippen LogP contribution in [0.4, 0.5) is 0 Å². The van der Waals surface area contributed by atoms with Crippen LogP contribution in [0.3, 0.4) is 0 Å². The predicted molar refractivity (Wildman–Crippen MR) is 63.2 cm³/mol. The molecule has 1 aliphatic carbocycles. The molecule has 0 aromatic heterocycles. The van der Waals surface area contributed by atoms with Crippen LogP contribution in [-0.2, 0) is 6.42 Å². The summed E-state index contributed by atoms with van der Waals surface area (Å²) in [4.78, 5) is 0. The van der Waals surface area contributed by atoms with Gasteiger partial charge < -0.3 is 9.84 Å². The molecule has 1 aromatic rings. The van der Waals surface area contributed by atoms with Gasteiger partial charge in [-0.25, -0.2) is 0 Å². The van der Waals surface area contributed by atoms with E-state index in [1.54, 1.807) is 7.11 Å². The minimum Gasteiger partial charge on any atom is -0.497 e. The molecular formula is C12H15BrO2. The minimum absolute atomic E-state index is 0.339. The number of aliphatic hydroxyl groups excluding tert-OH is 1. The lowest BCUT2D eigenvalue weighted by molar-refractivity contribution is 0.166. The maximum absolute atomic E-state index is 10.0. The molecule has 0 radical (unpaired) electrons. The molecule has 1 atom stereocenters. The lowest BCUT2D eigenvalue weighted by Gasteiger charge is -2.14. The number of benzene rings is 1. The number of hydrogen-bond acceptors (Lipinski definition) is 2. The molecule has 0 heterocycles. The van der Waals surface area contributed by atoms with E-state index in [0.717, 1.165) is 41.5 Å². The number of halogens is 1. The first-order valence-corrected chi connectivity index (χ1v) is 6.06. The molecule has 15 heavy (non-hydrogen) atoms. The molecule has 2 nitrogen and oxygen atoms in total. The lowest BCUT2D eigenvalue weighted by atomic mass is 10.0. The zero-order valence-corrected chi connectivity index (χ0v) is 10.4. The summed E-state index contributed by atoms with van der Waals surface area (Å²) in [6.07, 6.45) is 3.79. The van der Waals surface area contributed by atoms with E-state index in [0.29, 0.717) is 0 Å². The Morgan fingerprint density at radius 1 is 1.40 bits per heavy atom. The molecular weight excluding hydrogens is 256 g/mol. The fraction of sp³-hybridized carbons (Fsp3) is 0.500. The Morgan fingerprint density at radius 3 is 2.93 bits per heavy atom. The highest BCUT2D eigenvalue weighted by molar-refractivity contribution is 9.10. The van der Waals surface area contributed by atoms with Crippen molar-refractivity contribution in [3.05, 3.63) is 27.7 Å². The number of methoxy groups -OCH3 is 1. The van der Waals surface area contributed by atoms with Gasteiger partial charge in [0.25, 0.3) is 0 Å². The van der Waals surface area contributed by atoms with E-state index in [9.17, 15) is 5.11 Å². The van der Waals surface area contributed by atoms with Crippen LogP contribution in [0.5, 0.6) is 5.75 Å². The van der Waals surface area contributed by atoms with Gasteiger partial charge in [-0.15, -0.1) is 0 Å². The molecule has 3 heteroatoms. The largest absolute Gasteiger partial charge is 0.497 e. The van der Waals surface area contributed by atoms with Gasteiger partial charge in [0, 0.05) is 4.47 Å². The summed E-state index contributed by atoms with van der Waals surface area (Å²) in [6.45, 7) is 0. The van der Waals surface area contributed by atoms with E-state index in [1.165, 1.54) is 5.56 Å². The molecule has 82 valence electrons. The Kier molecular flexibility index (Phi) is 3.32. The molecule has 1 aliphatic rings. The molecule has 0 fully saturated rings. The van der Waals surface area contributed by atoms with Gasteiger partial charge in [-0.2, -0.15) is 0 Å². The summed E-state index contributed by atoms with van der Waals surface area (Å²) < 4.78 is 6.26. The van der Waals surface area contributed by atoms with Crippen molar-refractivity contribution in [3.63, 3.8) is 0 Å². The SMILES string of the molecule is COc1cc(Br)c2c(c1)C(O)CCCC2. The zero-order chi connectivity index (χ0) is 10.8. The summed E-state index contributed by atoms with van der Waals surface area (Å²) in [5.41, 5.74) is 2.26. The van der Waals surface area contributed by atoms with Crippen LogP contribution in [0.2, 0.25) is 0 Å². The quantitative estimate of drug-likeness (QED) is 0.795. The first-order chi connectivity index (χ1) is 7.22. The molecule has 0 saturated heterocycles. The van der Waals surface area contributed by atoms with Gasteiger partial charge in [0.1, 0.15) is 5.75 Å². The molecule has 0 bridgehead atoms. The Bertz CT molecular complexity index is 363. The third kappa shape index (κ3) is 2.18. The standard InChI is InChI=1S/C12H15BrO2/c1-15-8-6-10-9(11(13)7-8)4-2-3-5-12(10)14/h6-7,12,14H,2-5H2,1H3. The molecule has 0 spiro atoms. The molecule has 0 aliphatic heterocycles. The maximum Gasteiger partial charge on any atom is 0.120 e. The minimum atomic E-state index is -0.339. The molecule has 1 N–H and O–H groups in total. The number of ether oxygens (including phenoxy) is 1. The normalized spacial score (nSPS) is 20.6. The molecule has 1 unspecified atom stereocenters. The summed E-state index contributed by atoms with van der Waals surface area (Å²) >= 11 is 3.54. The monoisotopic (exact) mass is 270 g/mol. The Labute approximate surface area is 98.4 Å². The van der Waals surface area contributed by atoms with Gasteiger partial charge in [-0.3, -0.25) is 0 Å². The van der Waals surface area contributed by atoms with Crippen molar-refractivity contribution in [1.29, 1.82) is 0 Å². The van der Waals surface area contributed by atoms with Gasteiger partial charge in [0.05, 0.1) is 13.2 Å². The highest BCUT2D eigenvalue weighted by atomic mass is 79.9. The van der Waals surface area contributed by atoms with E-state index in [2.05, 4.69) is 15.9 Å². The first kappa shape index (κ1) is 11.0. The van der Waals surface area contributed by atoms with Crippen LogP contribution in [0.25, 0.3) is 0 Å². The van der Waals surface area contributed by atoms with Gasteiger partial charge in [0.2, 0.25) is 0 Å². The van der Waals surface area contributed by atoms with Crippen LogP contribution in [0.15, 0.2) is 16.6 Å². The van der Waals surface area contributed by atoms with E-state index in [1.807, 2.05) is 12.1 Å². The van der Waals surface area contributed by atoms with E-state index in [4.69, 9.17) is 4.74 Å². The lowest BCUT2D eigenvalue weighted by Crippen LogP contribution is -2.00. The number of hydrogen-bond donors (Lipinski definition) is 1. The Hall–Kier alpha value is -0.540. The molecule has 1 aromatic carbocycles. The highest BCUT2D eigenvalue weighted by Gasteiger charge is 2.19. The third-order valence-electron chi connectivity index (χ3n) is 2.95. The second kappa shape index (κ2) is 4.54. The van der Waals surface area contributed by atoms with Gasteiger partial charge in [0.15, 0.2) is 0 Å². The van der Waals surface area contributed by atoms with Crippen molar-refractivity contribution >= 4 is 15.9 Å². The highest BCUT2D eigenvalue weighted by Crippen LogP contribution is 2.36. The Balaban J connectivity index is 2.50. The number of fused-ring (bicyclic) bond motifs is 1. The van der Waals surface area contributed by atoms with Gasteiger partial charge in [-0.05, 0) is 42.5 Å². The van der Waals surface area contributed by atoms with Gasteiger partial charge in [-0.1, -0.05) is 22.4 Å². The predicted octanol–water partition coefficient (Wildman–Crippen LogP) is 3.22. The number of rotatable bonds is 1. The summed E-state index contributed by atoms with van der Waals surface area (Å²) in [7, 11) is 1.65. The molecule has 0 amide bonds. The average molecular weight is 271 g/mol. The van der Waals surface area contributed by atoms with Crippen molar-refractivity contribution in [2.45, 2.75) is 31.8 Å². The summed E-state index contributed by atoms with van der Waals surface area (Å²) in [5, 5.41) is 10.0. The van der Waals surface area contributed by atoms with E-state index in [-0.39, 0.29) is 6.10 Å². The number of aliphatic hydroxyl groups is 1. The second-order valence-corrected chi connectivity index (χ2v) is 4.79. The van der Waals surface area contributed by atoms with Crippen LogP contribution in [0, 0.1) is 0 Å². The van der Waals surface area contributed by atoms with Crippen molar-refractivity contribution < 1.29 is 9.84 Å². The van der Waals surface area contributed by atoms with E-state index < -0.39 is 0 Å². The van der Waals surface area contributed by atoms with Crippen molar-refractivity contribution in [2.24, 2.45) is 0 Å². The van der Waals surface area contributed by atoms with E-state index >= 15 is 0 Å². The van der Waals surface area contributed by atoms with Crippen molar-refractivity contribution in [1.82, 2.24) is 0 Å². The third-order valence-corrected chi connectivity index (χ3v) is 3.66. The van der Waals surface area contributed by atoms with Gasteiger partial charge >= 0.3 is 0 Å². The van der Waals surface area contributed by atoms with Crippen molar-refractivity contribution in [3.8, 4) is 5.75 Å². The summed E-state index contributed by atoms with van der Waals surface area (Å²) in [6, 6.07) is 3.92. The van der Waals surface area contributed by atoms with Crippen LogP contribution >= 0.6 is 15.9 Å². The first-order valence-electron chi connectivity index (χ1n) is 5.26. The van der Waals surface area contributed by atoms with Crippen LogP contribution in [0.1, 0.15) is 36.5 Å². The fourth-order valence-corrected chi connectivity index (χ4v) is 2.76. The zero-order valence-electron chi connectivity index (χ0n) is 8.79. The summed E-state index contributed by atoms with van der Waals surface area (Å²) in [5.74, 6) is 0.807. The Morgan fingerprint density at radius 2 is 2.20 bits per heavy atom. The smallest absolute Gasteiger partial charge is 0.120 e. The topological polar surface area (TPSA) is 29.5 Å². The average Bonchev–Trinajstić information content (AvgIpc) is 2.41. The van der Waals surface area contributed by atoms with Crippen LogP contribution in [-0.4, -0.2) is 12.2 Å². The molecule has 0 saturated carbocycles. The van der Waals surface area contributed by atoms with Crippen molar-refractivity contribution in [2.75, 3.05) is 7.11 Å². The molecule has 2 rings (SSSR count). The fourth-order valence-electron chi connectivity index (χ4n) is 2.11. The maximum atomic E-state index is 10.0. The van der Waals surface area contributed by atoms with Crippen LogP contribution < -0.4 is 4.74 Å².